The third kappa shape index (κ3) is 3.27. The largest absolute Gasteiger partial charge is 0.273 e. The third-order valence-electron chi connectivity index (χ3n) is 4.81. The van der Waals surface area contributed by atoms with E-state index in [0.29, 0.717) is 12.8 Å². The predicted molar refractivity (Wildman–Crippen MR) is 98.2 cm³/mol. The maximum atomic E-state index is 12.6. The van der Waals surface area contributed by atoms with Gasteiger partial charge >= 0.3 is 0 Å². The summed E-state index contributed by atoms with van der Waals surface area (Å²) in [5, 5.41) is 4.13. The number of carbonyl (C=O) groups is 1. The number of sulfonamides is 1. The number of amides is 1. The Bertz CT molecular complexity index is 984. The molecule has 0 aromatic heterocycles. The lowest BCUT2D eigenvalue weighted by Crippen LogP contribution is -2.27. The SMILES string of the molecule is O=C1CCC(c2ccc3c(c2)CCC3NS(=O)(=O)c2ccccc2)=NN1. The minimum absolute atomic E-state index is 0.0645. The van der Waals surface area contributed by atoms with Crippen molar-refractivity contribution in [2.75, 3.05) is 0 Å². The van der Waals surface area contributed by atoms with Gasteiger partial charge in [-0.05, 0) is 47.7 Å². The van der Waals surface area contributed by atoms with E-state index in [-0.39, 0.29) is 16.8 Å². The monoisotopic (exact) mass is 369 g/mol. The zero-order valence-electron chi connectivity index (χ0n) is 14.1. The molecule has 0 spiro atoms. The van der Waals surface area contributed by atoms with Crippen molar-refractivity contribution < 1.29 is 13.2 Å². The Balaban J connectivity index is 1.56. The van der Waals surface area contributed by atoms with Gasteiger partial charge in [-0.3, -0.25) is 4.79 Å². The van der Waals surface area contributed by atoms with Crippen LogP contribution in [0.4, 0.5) is 0 Å². The summed E-state index contributed by atoms with van der Waals surface area (Å²) in [6.07, 6.45) is 2.60. The van der Waals surface area contributed by atoms with Crippen molar-refractivity contribution in [1.29, 1.82) is 0 Å². The number of hydrogen-bond donors (Lipinski definition) is 2. The van der Waals surface area contributed by atoms with Crippen molar-refractivity contribution >= 4 is 21.6 Å². The molecule has 26 heavy (non-hydrogen) atoms. The molecule has 4 rings (SSSR count). The van der Waals surface area contributed by atoms with Crippen molar-refractivity contribution in [2.45, 2.75) is 36.6 Å². The highest BCUT2D eigenvalue weighted by atomic mass is 32.2. The fourth-order valence-electron chi connectivity index (χ4n) is 3.46. The Morgan fingerprint density at radius 3 is 2.58 bits per heavy atom. The summed E-state index contributed by atoms with van der Waals surface area (Å²) in [6, 6.07) is 14.2. The highest BCUT2D eigenvalue weighted by Crippen LogP contribution is 2.33. The number of fused-ring (bicyclic) bond motifs is 1. The lowest BCUT2D eigenvalue weighted by atomic mass is 9.99. The van der Waals surface area contributed by atoms with Gasteiger partial charge < -0.3 is 0 Å². The maximum absolute atomic E-state index is 12.6. The lowest BCUT2D eigenvalue weighted by Gasteiger charge is -2.16. The van der Waals surface area contributed by atoms with Crippen LogP contribution in [0.3, 0.4) is 0 Å². The number of benzene rings is 2. The molecular weight excluding hydrogens is 350 g/mol. The molecule has 1 unspecified atom stereocenters. The Labute approximate surface area is 152 Å². The fraction of sp³-hybridized carbons (Fsp3) is 0.263. The first kappa shape index (κ1) is 16.9. The second-order valence-corrected chi connectivity index (χ2v) is 8.25. The van der Waals surface area contributed by atoms with E-state index in [1.807, 2.05) is 12.1 Å². The molecule has 2 N–H and O–H groups in total. The van der Waals surface area contributed by atoms with E-state index < -0.39 is 10.0 Å². The normalized spacial score (nSPS) is 19.6. The molecular formula is C19H19N3O3S. The molecule has 7 heteroatoms. The number of aryl methyl sites for hydroxylation is 1. The third-order valence-corrected chi connectivity index (χ3v) is 6.30. The van der Waals surface area contributed by atoms with Gasteiger partial charge in [-0.15, -0.1) is 0 Å². The molecule has 0 radical (unpaired) electrons. The summed E-state index contributed by atoms with van der Waals surface area (Å²) in [4.78, 5) is 11.5. The number of hydrazone groups is 1. The van der Waals surface area contributed by atoms with E-state index in [2.05, 4.69) is 21.3 Å². The van der Waals surface area contributed by atoms with Crippen LogP contribution in [-0.4, -0.2) is 20.0 Å². The first-order valence-corrected chi connectivity index (χ1v) is 10.1. The molecule has 2 aliphatic rings. The van der Waals surface area contributed by atoms with Gasteiger partial charge in [0.25, 0.3) is 0 Å². The van der Waals surface area contributed by atoms with Crippen LogP contribution in [0.2, 0.25) is 0 Å². The van der Waals surface area contributed by atoms with Crippen LogP contribution in [0.5, 0.6) is 0 Å². The highest BCUT2D eigenvalue weighted by Gasteiger charge is 2.28. The van der Waals surface area contributed by atoms with Gasteiger partial charge in [-0.2, -0.15) is 5.10 Å². The molecule has 0 saturated carbocycles. The van der Waals surface area contributed by atoms with E-state index in [9.17, 15) is 13.2 Å². The van der Waals surface area contributed by atoms with Crippen LogP contribution in [0.25, 0.3) is 0 Å². The fourth-order valence-corrected chi connectivity index (χ4v) is 4.73. The summed E-state index contributed by atoms with van der Waals surface area (Å²) in [5.41, 5.74) is 6.49. The lowest BCUT2D eigenvalue weighted by molar-refractivity contribution is -0.121. The van der Waals surface area contributed by atoms with Gasteiger partial charge in [0.15, 0.2) is 0 Å². The average molecular weight is 369 g/mol. The highest BCUT2D eigenvalue weighted by molar-refractivity contribution is 7.89. The van der Waals surface area contributed by atoms with Crippen LogP contribution < -0.4 is 10.1 Å². The van der Waals surface area contributed by atoms with Crippen molar-refractivity contribution in [3.63, 3.8) is 0 Å². The first-order valence-electron chi connectivity index (χ1n) is 8.59. The summed E-state index contributed by atoms with van der Waals surface area (Å²) >= 11 is 0. The van der Waals surface area contributed by atoms with Gasteiger partial charge in [-0.1, -0.05) is 30.3 Å². The van der Waals surface area contributed by atoms with Crippen molar-refractivity contribution in [2.24, 2.45) is 5.10 Å². The van der Waals surface area contributed by atoms with E-state index >= 15 is 0 Å². The van der Waals surface area contributed by atoms with Gasteiger partial charge in [0.2, 0.25) is 15.9 Å². The molecule has 134 valence electrons. The van der Waals surface area contributed by atoms with E-state index in [1.165, 1.54) is 0 Å². The number of nitrogens with zero attached hydrogens (tertiary/aromatic N) is 1. The van der Waals surface area contributed by atoms with E-state index in [0.717, 1.165) is 35.2 Å². The zero-order chi connectivity index (χ0) is 18.1. The molecule has 6 nitrogen and oxygen atoms in total. The molecule has 1 atom stereocenters. The molecule has 1 amide bonds. The number of hydrogen-bond acceptors (Lipinski definition) is 4. The maximum Gasteiger partial charge on any atom is 0.241 e. The quantitative estimate of drug-likeness (QED) is 0.867. The molecule has 2 aromatic rings. The predicted octanol–water partition coefficient (Wildman–Crippen LogP) is 2.27. The minimum atomic E-state index is -3.54. The molecule has 0 fully saturated rings. The zero-order valence-corrected chi connectivity index (χ0v) is 14.9. The van der Waals surface area contributed by atoms with E-state index in [1.54, 1.807) is 30.3 Å². The van der Waals surface area contributed by atoms with Gasteiger partial charge in [0, 0.05) is 18.9 Å². The number of carbonyl (C=O) groups excluding carboxylic acids is 1. The second kappa shape index (κ2) is 6.66. The minimum Gasteiger partial charge on any atom is -0.273 e. The van der Waals surface area contributed by atoms with Crippen LogP contribution in [-0.2, 0) is 21.2 Å². The summed E-state index contributed by atoms with van der Waals surface area (Å²) in [6.45, 7) is 0. The first-order chi connectivity index (χ1) is 12.5. The van der Waals surface area contributed by atoms with Crippen LogP contribution >= 0.6 is 0 Å². The van der Waals surface area contributed by atoms with Crippen molar-refractivity contribution in [3.05, 3.63) is 65.2 Å². The van der Waals surface area contributed by atoms with Crippen LogP contribution in [0.15, 0.2) is 58.5 Å². The smallest absolute Gasteiger partial charge is 0.241 e. The second-order valence-electron chi connectivity index (χ2n) is 6.53. The Morgan fingerprint density at radius 2 is 1.85 bits per heavy atom. The van der Waals surface area contributed by atoms with Crippen molar-refractivity contribution in [3.8, 4) is 0 Å². The van der Waals surface area contributed by atoms with Crippen LogP contribution in [0.1, 0.15) is 42.0 Å². The van der Waals surface area contributed by atoms with Gasteiger partial charge in [0.1, 0.15) is 0 Å². The molecule has 0 bridgehead atoms. The standard InChI is InChI=1S/C19H19N3O3S/c23-19-11-10-17(20-21-19)14-6-8-16-13(12-14)7-9-18(16)22-26(24,25)15-4-2-1-3-5-15/h1-6,8,12,18,22H,7,9-11H2,(H,21,23). The molecule has 1 aliphatic carbocycles. The average Bonchev–Trinajstić information content (AvgIpc) is 3.04. The van der Waals surface area contributed by atoms with Crippen molar-refractivity contribution in [1.82, 2.24) is 10.1 Å². The number of nitrogens with one attached hydrogen (secondary N) is 2. The molecule has 2 aromatic carbocycles. The summed E-state index contributed by atoms with van der Waals surface area (Å²) in [7, 11) is -3.54. The Hall–Kier alpha value is -2.51. The van der Waals surface area contributed by atoms with Gasteiger partial charge in [0.05, 0.1) is 10.6 Å². The molecule has 0 saturated heterocycles. The van der Waals surface area contributed by atoms with Gasteiger partial charge in [-0.25, -0.2) is 18.6 Å². The topological polar surface area (TPSA) is 87.6 Å². The molecule has 1 aliphatic heterocycles. The summed E-state index contributed by atoms with van der Waals surface area (Å²) in [5.74, 6) is -0.0645. The number of rotatable bonds is 4. The molecule has 1 heterocycles. The Kier molecular flexibility index (Phi) is 4.34. The van der Waals surface area contributed by atoms with E-state index in [4.69, 9.17) is 0 Å². The Morgan fingerprint density at radius 1 is 1.04 bits per heavy atom. The van der Waals surface area contributed by atoms with Crippen LogP contribution in [0, 0.1) is 0 Å². The summed E-state index contributed by atoms with van der Waals surface area (Å²) < 4.78 is 28.0.